The summed E-state index contributed by atoms with van der Waals surface area (Å²) in [4.78, 5) is 11.5. The molecule has 1 N–H and O–H groups in total. The number of anilines is 2. The van der Waals surface area contributed by atoms with E-state index < -0.39 is 0 Å². The molecule has 0 fully saturated rings. The van der Waals surface area contributed by atoms with Crippen LogP contribution >= 0.6 is 11.5 Å². The van der Waals surface area contributed by atoms with E-state index in [1.807, 2.05) is 31.2 Å². The van der Waals surface area contributed by atoms with Gasteiger partial charge in [-0.25, -0.2) is 0 Å². The molecule has 94 valence electrons. The topological polar surface area (TPSA) is 51.2 Å². The Morgan fingerprint density at radius 2 is 2.00 bits per heavy atom. The van der Waals surface area contributed by atoms with E-state index >= 15 is 0 Å². The molecule has 0 spiro atoms. The summed E-state index contributed by atoms with van der Waals surface area (Å²) in [7, 11) is 1.63. The zero-order chi connectivity index (χ0) is 13.1. The maximum absolute atomic E-state index is 11.5. The summed E-state index contributed by atoms with van der Waals surface area (Å²) >= 11 is 1.30. The van der Waals surface area contributed by atoms with Gasteiger partial charge in [0.2, 0.25) is 0 Å². The van der Waals surface area contributed by atoms with Crippen LogP contribution in [0.1, 0.15) is 23.0 Å². The summed E-state index contributed by atoms with van der Waals surface area (Å²) in [6.45, 7) is 3.39. The van der Waals surface area contributed by atoms with Gasteiger partial charge in [0.25, 0.3) is 0 Å². The number of Topliss-reactive ketones (excluding diaryl/α,β-unsaturated/α-hetero) is 1. The van der Waals surface area contributed by atoms with Crippen LogP contribution in [0, 0.1) is 6.92 Å². The molecule has 0 aliphatic rings. The van der Waals surface area contributed by atoms with Gasteiger partial charge in [0, 0.05) is 5.69 Å². The van der Waals surface area contributed by atoms with Gasteiger partial charge in [-0.3, -0.25) is 4.79 Å². The number of nitrogens with one attached hydrogen (secondary N) is 1. The Kier molecular flexibility index (Phi) is 3.62. The summed E-state index contributed by atoms with van der Waals surface area (Å²) in [6, 6.07) is 7.53. The van der Waals surface area contributed by atoms with E-state index in [-0.39, 0.29) is 5.78 Å². The molecule has 1 heterocycles. The highest BCUT2D eigenvalue weighted by Crippen LogP contribution is 2.28. The maximum Gasteiger partial charge on any atom is 0.164 e. The Labute approximate surface area is 110 Å². The molecule has 0 atom stereocenters. The second-order valence-electron chi connectivity index (χ2n) is 3.88. The number of aromatic nitrogens is 1. The molecule has 18 heavy (non-hydrogen) atoms. The van der Waals surface area contributed by atoms with Crippen LogP contribution in [0.5, 0.6) is 5.75 Å². The Morgan fingerprint density at radius 1 is 1.33 bits per heavy atom. The lowest BCUT2D eigenvalue weighted by molar-refractivity contribution is 0.101. The first kappa shape index (κ1) is 12.6. The Bertz CT molecular complexity index is 561. The molecule has 0 amide bonds. The van der Waals surface area contributed by atoms with E-state index in [2.05, 4.69) is 9.69 Å². The van der Waals surface area contributed by atoms with Crippen molar-refractivity contribution in [2.45, 2.75) is 13.8 Å². The maximum atomic E-state index is 11.5. The average Bonchev–Trinajstić information content (AvgIpc) is 2.71. The second-order valence-corrected chi connectivity index (χ2v) is 4.66. The first-order valence-corrected chi connectivity index (χ1v) is 6.27. The standard InChI is InChI=1S/C13H14N2O2S/c1-8-12(9(2)16)13(18-15-8)14-10-4-6-11(17-3)7-5-10/h4-7,14H,1-3H3. The van der Waals surface area contributed by atoms with Gasteiger partial charge in [-0.1, -0.05) is 0 Å². The molecule has 2 aromatic rings. The summed E-state index contributed by atoms with van der Waals surface area (Å²) in [5, 5.41) is 3.99. The summed E-state index contributed by atoms with van der Waals surface area (Å²) < 4.78 is 9.30. The molecule has 4 nitrogen and oxygen atoms in total. The highest BCUT2D eigenvalue weighted by atomic mass is 32.1. The molecule has 0 radical (unpaired) electrons. The first-order valence-electron chi connectivity index (χ1n) is 5.50. The van der Waals surface area contributed by atoms with Crippen LogP contribution in [0.15, 0.2) is 24.3 Å². The van der Waals surface area contributed by atoms with E-state index in [0.717, 1.165) is 22.1 Å². The minimum Gasteiger partial charge on any atom is -0.497 e. The molecule has 0 saturated carbocycles. The smallest absolute Gasteiger partial charge is 0.164 e. The number of hydrogen-bond acceptors (Lipinski definition) is 5. The van der Waals surface area contributed by atoms with Crippen molar-refractivity contribution in [3.05, 3.63) is 35.5 Å². The van der Waals surface area contributed by atoms with Crippen molar-refractivity contribution < 1.29 is 9.53 Å². The molecule has 0 saturated heterocycles. The largest absolute Gasteiger partial charge is 0.497 e. The van der Waals surface area contributed by atoms with Crippen molar-refractivity contribution >= 4 is 28.0 Å². The fourth-order valence-corrected chi connectivity index (χ4v) is 2.54. The normalized spacial score (nSPS) is 10.2. The van der Waals surface area contributed by atoms with Gasteiger partial charge < -0.3 is 10.1 Å². The number of nitrogens with zero attached hydrogens (tertiary/aromatic N) is 1. The lowest BCUT2D eigenvalue weighted by atomic mass is 10.2. The van der Waals surface area contributed by atoms with Crippen molar-refractivity contribution in [1.29, 1.82) is 0 Å². The molecule has 0 aliphatic carbocycles. The molecule has 0 unspecified atom stereocenters. The number of ether oxygens (including phenoxy) is 1. The molecular formula is C13H14N2O2S. The van der Waals surface area contributed by atoms with Crippen LogP contribution in [0.4, 0.5) is 10.7 Å². The molecule has 1 aromatic carbocycles. The van der Waals surface area contributed by atoms with Gasteiger partial charge >= 0.3 is 0 Å². The number of methoxy groups -OCH3 is 1. The zero-order valence-corrected chi connectivity index (χ0v) is 11.3. The summed E-state index contributed by atoms with van der Waals surface area (Å²) in [5.41, 5.74) is 2.33. The van der Waals surface area contributed by atoms with Gasteiger partial charge in [0.1, 0.15) is 10.8 Å². The number of benzene rings is 1. The lowest BCUT2D eigenvalue weighted by Gasteiger charge is -2.06. The Hall–Kier alpha value is -1.88. The fourth-order valence-electron chi connectivity index (χ4n) is 1.68. The van der Waals surface area contributed by atoms with E-state index in [1.54, 1.807) is 14.0 Å². The van der Waals surface area contributed by atoms with Crippen molar-refractivity contribution in [3.63, 3.8) is 0 Å². The molecule has 5 heteroatoms. The Balaban J connectivity index is 2.25. The number of carbonyl (C=O) groups excluding carboxylic acids is 1. The lowest BCUT2D eigenvalue weighted by Crippen LogP contribution is -1.98. The van der Waals surface area contributed by atoms with E-state index in [9.17, 15) is 4.79 Å². The van der Waals surface area contributed by atoms with Gasteiger partial charge in [-0.2, -0.15) is 4.37 Å². The molecule has 2 rings (SSSR count). The number of aryl methyl sites for hydroxylation is 1. The third-order valence-corrected chi connectivity index (χ3v) is 3.42. The van der Waals surface area contributed by atoms with Crippen LogP contribution in [0.2, 0.25) is 0 Å². The fraction of sp³-hybridized carbons (Fsp3) is 0.231. The molecule has 0 bridgehead atoms. The van der Waals surface area contributed by atoms with E-state index in [1.165, 1.54) is 11.5 Å². The summed E-state index contributed by atoms with van der Waals surface area (Å²) in [6.07, 6.45) is 0. The average molecular weight is 262 g/mol. The monoisotopic (exact) mass is 262 g/mol. The highest BCUT2D eigenvalue weighted by Gasteiger charge is 2.14. The highest BCUT2D eigenvalue weighted by molar-refractivity contribution is 7.10. The van der Waals surface area contributed by atoms with Crippen molar-refractivity contribution in [2.75, 3.05) is 12.4 Å². The SMILES string of the molecule is COc1ccc(Nc2snc(C)c2C(C)=O)cc1. The van der Waals surface area contributed by atoms with Gasteiger partial charge in [-0.05, 0) is 49.6 Å². The number of hydrogen-bond donors (Lipinski definition) is 1. The number of rotatable bonds is 4. The van der Waals surface area contributed by atoms with Crippen LogP contribution < -0.4 is 10.1 Å². The summed E-state index contributed by atoms with van der Waals surface area (Å²) in [5.74, 6) is 0.824. The van der Waals surface area contributed by atoms with Crippen molar-refractivity contribution in [1.82, 2.24) is 4.37 Å². The molecular weight excluding hydrogens is 248 g/mol. The molecule has 1 aromatic heterocycles. The van der Waals surface area contributed by atoms with Gasteiger partial charge in [0.05, 0.1) is 18.4 Å². The predicted molar refractivity (Wildman–Crippen MR) is 73.1 cm³/mol. The van der Waals surface area contributed by atoms with Gasteiger partial charge in [-0.15, -0.1) is 0 Å². The van der Waals surface area contributed by atoms with E-state index in [0.29, 0.717) is 5.56 Å². The van der Waals surface area contributed by atoms with Crippen molar-refractivity contribution in [3.8, 4) is 5.75 Å². The van der Waals surface area contributed by atoms with Crippen LogP contribution in [-0.2, 0) is 0 Å². The van der Waals surface area contributed by atoms with Gasteiger partial charge in [0.15, 0.2) is 5.78 Å². The second kappa shape index (κ2) is 5.18. The van der Waals surface area contributed by atoms with Crippen LogP contribution in [0.25, 0.3) is 0 Å². The first-order chi connectivity index (χ1) is 8.61. The third-order valence-electron chi connectivity index (χ3n) is 2.56. The zero-order valence-electron chi connectivity index (χ0n) is 10.5. The van der Waals surface area contributed by atoms with E-state index in [4.69, 9.17) is 4.74 Å². The molecule has 0 aliphatic heterocycles. The number of ketones is 1. The minimum atomic E-state index is 0.0252. The number of carbonyl (C=O) groups is 1. The predicted octanol–water partition coefficient (Wildman–Crippen LogP) is 3.41. The quantitative estimate of drug-likeness (QED) is 0.858. The Morgan fingerprint density at radius 3 is 2.56 bits per heavy atom. The van der Waals surface area contributed by atoms with Crippen molar-refractivity contribution in [2.24, 2.45) is 0 Å². The van der Waals surface area contributed by atoms with Crippen LogP contribution in [0.3, 0.4) is 0 Å². The minimum absolute atomic E-state index is 0.0252. The third kappa shape index (κ3) is 2.51. The van der Waals surface area contributed by atoms with Crippen LogP contribution in [-0.4, -0.2) is 17.3 Å².